The predicted octanol–water partition coefficient (Wildman–Crippen LogP) is 2.22. The van der Waals surface area contributed by atoms with Crippen molar-refractivity contribution in [2.75, 3.05) is 4.90 Å². The van der Waals surface area contributed by atoms with Gasteiger partial charge in [-0.05, 0) is 24.5 Å². The van der Waals surface area contributed by atoms with E-state index in [2.05, 4.69) is 32.7 Å². The molecular formula is C12H20N4. The van der Waals surface area contributed by atoms with Crippen LogP contribution >= 0.6 is 0 Å². The van der Waals surface area contributed by atoms with E-state index in [1.807, 2.05) is 18.2 Å². The van der Waals surface area contributed by atoms with Gasteiger partial charge in [0.1, 0.15) is 5.82 Å². The Morgan fingerprint density at radius 2 is 2.06 bits per heavy atom. The third-order valence-corrected chi connectivity index (χ3v) is 2.80. The van der Waals surface area contributed by atoms with Crippen LogP contribution in [0.4, 0.5) is 5.82 Å². The largest absolute Gasteiger partial charge is 0.370 e. The Hall–Kier alpha value is -1.58. The summed E-state index contributed by atoms with van der Waals surface area (Å²) < 4.78 is 0. The van der Waals surface area contributed by atoms with E-state index in [-0.39, 0.29) is 17.4 Å². The average Bonchev–Trinajstić information content (AvgIpc) is 2.17. The molecule has 1 aromatic heterocycles. The number of anilines is 1. The lowest BCUT2D eigenvalue weighted by molar-refractivity contribution is 0.338. The molecule has 0 bridgehead atoms. The molecule has 1 heterocycles. The molecule has 0 aliphatic heterocycles. The Morgan fingerprint density at radius 3 is 2.44 bits per heavy atom. The average molecular weight is 220 g/mol. The summed E-state index contributed by atoms with van der Waals surface area (Å²) in [4.78, 5) is 5.99. The van der Waals surface area contributed by atoms with E-state index in [9.17, 15) is 0 Å². The quantitative estimate of drug-likeness (QED) is 0.593. The normalized spacial score (nSPS) is 13.2. The highest BCUT2D eigenvalue weighted by atomic mass is 15.3. The third-order valence-electron chi connectivity index (χ3n) is 2.80. The number of nitrogens with zero attached hydrogens (tertiary/aromatic N) is 2. The van der Waals surface area contributed by atoms with Gasteiger partial charge in [-0.2, -0.15) is 0 Å². The Labute approximate surface area is 97.0 Å². The summed E-state index contributed by atoms with van der Waals surface area (Å²) in [7, 11) is 0. The number of rotatable bonds is 2. The van der Waals surface area contributed by atoms with Gasteiger partial charge in [0.05, 0.1) is 0 Å². The Kier molecular flexibility index (Phi) is 3.52. The number of nitrogens with two attached hydrogens (primary N) is 1. The van der Waals surface area contributed by atoms with Crippen molar-refractivity contribution >= 4 is 11.8 Å². The molecule has 16 heavy (non-hydrogen) atoms. The van der Waals surface area contributed by atoms with Gasteiger partial charge in [-0.25, -0.2) is 4.98 Å². The molecule has 0 spiro atoms. The van der Waals surface area contributed by atoms with Crippen LogP contribution in [0.1, 0.15) is 27.7 Å². The molecule has 4 heteroatoms. The SMILES string of the molecule is CC(N(C(=N)N)c1ccccn1)C(C)(C)C. The van der Waals surface area contributed by atoms with Crippen LogP contribution in [0, 0.1) is 10.8 Å². The van der Waals surface area contributed by atoms with Gasteiger partial charge in [0.25, 0.3) is 0 Å². The molecule has 1 unspecified atom stereocenters. The summed E-state index contributed by atoms with van der Waals surface area (Å²) in [6, 6.07) is 5.72. The van der Waals surface area contributed by atoms with Crippen molar-refractivity contribution in [1.29, 1.82) is 5.41 Å². The first-order valence-electron chi connectivity index (χ1n) is 5.38. The zero-order valence-corrected chi connectivity index (χ0v) is 10.4. The number of guanidine groups is 1. The van der Waals surface area contributed by atoms with E-state index in [1.54, 1.807) is 11.1 Å². The van der Waals surface area contributed by atoms with Crippen LogP contribution in [-0.2, 0) is 0 Å². The zero-order valence-electron chi connectivity index (χ0n) is 10.4. The minimum Gasteiger partial charge on any atom is -0.370 e. The van der Waals surface area contributed by atoms with E-state index >= 15 is 0 Å². The van der Waals surface area contributed by atoms with E-state index in [0.717, 1.165) is 5.82 Å². The maximum atomic E-state index is 7.66. The van der Waals surface area contributed by atoms with Crippen LogP contribution < -0.4 is 10.6 Å². The number of aromatic nitrogens is 1. The highest BCUT2D eigenvalue weighted by Crippen LogP contribution is 2.26. The maximum absolute atomic E-state index is 7.66. The van der Waals surface area contributed by atoms with Gasteiger partial charge >= 0.3 is 0 Å². The first kappa shape index (κ1) is 12.5. The lowest BCUT2D eigenvalue weighted by Gasteiger charge is -2.37. The van der Waals surface area contributed by atoms with Crippen molar-refractivity contribution in [2.45, 2.75) is 33.7 Å². The number of nitrogens with one attached hydrogen (secondary N) is 1. The van der Waals surface area contributed by atoms with Crippen LogP contribution in [0.2, 0.25) is 0 Å². The summed E-state index contributed by atoms with van der Waals surface area (Å²) >= 11 is 0. The topological polar surface area (TPSA) is 66.0 Å². The molecule has 0 saturated carbocycles. The second-order valence-corrected chi connectivity index (χ2v) is 4.99. The molecule has 0 fully saturated rings. The molecule has 3 N–H and O–H groups in total. The molecule has 4 nitrogen and oxygen atoms in total. The van der Waals surface area contributed by atoms with Crippen LogP contribution in [0.3, 0.4) is 0 Å². The van der Waals surface area contributed by atoms with Gasteiger partial charge in [0, 0.05) is 12.2 Å². The molecule has 0 saturated heterocycles. The molecule has 0 aliphatic carbocycles. The molecule has 88 valence electrons. The van der Waals surface area contributed by atoms with E-state index in [1.165, 1.54) is 0 Å². The van der Waals surface area contributed by atoms with Crippen molar-refractivity contribution in [2.24, 2.45) is 11.1 Å². The second kappa shape index (κ2) is 4.51. The molecule has 1 atom stereocenters. The summed E-state index contributed by atoms with van der Waals surface area (Å²) in [5.41, 5.74) is 5.67. The second-order valence-electron chi connectivity index (χ2n) is 4.99. The van der Waals surface area contributed by atoms with Gasteiger partial charge in [-0.1, -0.05) is 26.8 Å². The third kappa shape index (κ3) is 2.72. The Balaban J connectivity index is 3.07. The summed E-state index contributed by atoms with van der Waals surface area (Å²) in [6.07, 6.45) is 1.71. The first-order chi connectivity index (χ1) is 7.34. The molecule has 0 aliphatic rings. The molecular weight excluding hydrogens is 200 g/mol. The van der Waals surface area contributed by atoms with Crippen LogP contribution in [0.5, 0.6) is 0 Å². The van der Waals surface area contributed by atoms with Gasteiger partial charge in [-0.15, -0.1) is 0 Å². The van der Waals surface area contributed by atoms with Gasteiger partial charge in [0.15, 0.2) is 5.96 Å². The number of hydrogen-bond acceptors (Lipinski definition) is 2. The summed E-state index contributed by atoms with van der Waals surface area (Å²) in [5.74, 6) is 0.749. The smallest absolute Gasteiger partial charge is 0.194 e. The molecule has 1 rings (SSSR count). The lowest BCUT2D eigenvalue weighted by Crippen LogP contribution is -2.49. The summed E-state index contributed by atoms with van der Waals surface area (Å²) in [6.45, 7) is 8.42. The maximum Gasteiger partial charge on any atom is 0.194 e. The zero-order chi connectivity index (χ0) is 12.3. The van der Waals surface area contributed by atoms with Crippen LogP contribution in [0.25, 0.3) is 0 Å². The van der Waals surface area contributed by atoms with E-state index in [4.69, 9.17) is 11.1 Å². The number of pyridine rings is 1. The van der Waals surface area contributed by atoms with Crippen LogP contribution in [0.15, 0.2) is 24.4 Å². The fourth-order valence-corrected chi connectivity index (χ4v) is 1.41. The molecule has 0 amide bonds. The highest BCUT2D eigenvalue weighted by Gasteiger charge is 2.28. The van der Waals surface area contributed by atoms with Crippen molar-refractivity contribution in [3.63, 3.8) is 0 Å². The summed E-state index contributed by atoms with van der Waals surface area (Å²) in [5, 5.41) is 7.66. The predicted molar refractivity (Wildman–Crippen MR) is 67.5 cm³/mol. The molecule has 0 aromatic carbocycles. The monoisotopic (exact) mass is 220 g/mol. The Morgan fingerprint density at radius 1 is 1.44 bits per heavy atom. The van der Waals surface area contributed by atoms with E-state index in [0.29, 0.717) is 0 Å². The molecule has 1 aromatic rings. The minimum atomic E-state index is 0.0288. The van der Waals surface area contributed by atoms with Crippen molar-refractivity contribution in [3.05, 3.63) is 24.4 Å². The minimum absolute atomic E-state index is 0.0288. The number of hydrogen-bond donors (Lipinski definition) is 2. The van der Waals surface area contributed by atoms with Gasteiger partial charge in [0.2, 0.25) is 0 Å². The standard InChI is InChI=1S/C12H20N4/c1-9(12(2,3)4)16(11(13)14)10-7-5-6-8-15-10/h5-9H,1-4H3,(H3,13,14). The van der Waals surface area contributed by atoms with E-state index < -0.39 is 0 Å². The fraction of sp³-hybridized carbons (Fsp3) is 0.500. The highest BCUT2D eigenvalue weighted by molar-refractivity contribution is 5.92. The van der Waals surface area contributed by atoms with Crippen LogP contribution in [-0.4, -0.2) is 17.0 Å². The van der Waals surface area contributed by atoms with Crippen molar-refractivity contribution in [3.8, 4) is 0 Å². The van der Waals surface area contributed by atoms with Crippen molar-refractivity contribution < 1.29 is 0 Å². The first-order valence-corrected chi connectivity index (χ1v) is 5.38. The lowest BCUT2D eigenvalue weighted by atomic mass is 9.87. The van der Waals surface area contributed by atoms with Gasteiger partial charge in [-0.3, -0.25) is 10.3 Å². The molecule has 0 radical (unpaired) electrons. The van der Waals surface area contributed by atoms with Gasteiger partial charge < -0.3 is 5.73 Å². The van der Waals surface area contributed by atoms with Crippen molar-refractivity contribution in [1.82, 2.24) is 4.98 Å². The Bertz CT molecular complexity index is 353. The fourth-order valence-electron chi connectivity index (χ4n) is 1.41.